The first-order valence-electron chi connectivity index (χ1n) is 10.3. The van der Waals surface area contributed by atoms with Gasteiger partial charge in [-0.2, -0.15) is 0 Å². The van der Waals surface area contributed by atoms with E-state index in [1.165, 1.54) is 16.0 Å². The zero-order chi connectivity index (χ0) is 20.4. The second-order valence-corrected chi connectivity index (χ2v) is 8.92. The highest BCUT2D eigenvalue weighted by atomic mass is 32.1. The van der Waals surface area contributed by atoms with Crippen LogP contribution in [0.4, 0.5) is 0 Å². The predicted octanol–water partition coefficient (Wildman–Crippen LogP) is 3.42. The summed E-state index contributed by atoms with van der Waals surface area (Å²) >= 11 is 1.77. The molecule has 0 unspecified atom stereocenters. The second-order valence-electron chi connectivity index (χ2n) is 7.92. The molecule has 2 aliphatic rings. The number of nitrogens with zero attached hydrogens (tertiary/aromatic N) is 2. The molecule has 29 heavy (non-hydrogen) atoms. The summed E-state index contributed by atoms with van der Waals surface area (Å²) in [5, 5.41) is 2.12. The van der Waals surface area contributed by atoms with Crippen LogP contribution in [0, 0.1) is 12.8 Å². The van der Waals surface area contributed by atoms with Crippen molar-refractivity contribution in [2.45, 2.75) is 32.2 Å². The van der Waals surface area contributed by atoms with Crippen molar-refractivity contribution in [3.8, 4) is 0 Å². The number of amides is 2. The van der Waals surface area contributed by atoms with Crippen molar-refractivity contribution in [2.24, 2.45) is 5.92 Å². The molecule has 0 radical (unpaired) electrons. The highest BCUT2D eigenvalue weighted by Gasteiger charge is 2.37. The lowest BCUT2D eigenvalue weighted by molar-refractivity contribution is -0.142. The molecule has 4 rings (SSSR count). The van der Waals surface area contributed by atoms with Gasteiger partial charge in [-0.3, -0.25) is 9.59 Å². The summed E-state index contributed by atoms with van der Waals surface area (Å²) in [6, 6.07) is 10.3. The zero-order valence-corrected chi connectivity index (χ0v) is 17.9. The number of thiophene rings is 1. The molecule has 1 fully saturated rings. The van der Waals surface area contributed by atoms with Crippen molar-refractivity contribution >= 4 is 23.2 Å². The third kappa shape index (κ3) is 4.23. The normalized spacial score (nSPS) is 18.4. The summed E-state index contributed by atoms with van der Waals surface area (Å²) in [5.41, 5.74) is 3.57. The smallest absolute Gasteiger partial charge is 0.242 e. The van der Waals surface area contributed by atoms with Gasteiger partial charge < -0.3 is 14.5 Å². The first kappa shape index (κ1) is 20.1. The van der Waals surface area contributed by atoms with E-state index in [4.69, 9.17) is 4.74 Å². The molecule has 2 aromatic rings. The molecule has 0 saturated heterocycles. The molecule has 1 aliphatic heterocycles. The highest BCUT2D eigenvalue weighted by molar-refractivity contribution is 7.10. The van der Waals surface area contributed by atoms with Crippen LogP contribution >= 0.6 is 11.3 Å². The van der Waals surface area contributed by atoms with Gasteiger partial charge in [-0.25, -0.2) is 0 Å². The fourth-order valence-electron chi connectivity index (χ4n) is 4.13. The Morgan fingerprint density at radius 1 is 1.21 bits per heavy atom. The van der Waals surface area contributed by atoms with Gasteiger partial charge in [-0.1, -0.05) is 24.3 Å². The molecule has 0 N–H and O–H groups in total. The van der Waals surface area contributed by atoms with E-state index in [1.54, 1.807) is 23.3 Å². The summed E-state index contributed by atoms with van der Waals surface area (Å²) in [4.78, 5) is 31.2. The average molecular weight is 413 g/mol. The molecule has 2 heterocycles. The van der Waals surface area contributed by atoms with E-state index in [-0.39, 0.29) is 30.3 Å². The van der Waals surface area contributed by atoms with E-state index in [0.717, 1.165) is 24.8 Å². The van der Waals surface area contributed by atoms with E-state index in [9.17, 15) is 9.59 Å². The van der Waals surface area contributed by atoms with Gasteiger partial charge in [0.25, 0.3) is 0 Å². The number of benzene rings is 1. The lowest BCUT2D eigenvalue weighted by Crippen LogP contribution is -2.48. The Kier molecular flexibility index (Phi) is 6.01. The number of hydrogen-bond donors (Lipinski definition) is 0. The summed E-state index contributed by atoms with van der Waals surface area (Å²) < 4.78 is 5.17. The Morgan fingerprint density at radius 3 is 2.72 bits per heavy atom. The van der Waals surface area contributed by atoms with Crippen molar-refractivity contribution in [3.05, 3.63) is 57.3 Å². The molecule has 1 aromatic heterocycles. The van der Waals surface area contributed by atoms with Crippen molar-refractivity contribution in [2.75, 3.05) is 33.4 Å². The first-order valence-corrected chi connectivity index (χ1v) is 11.2. The average Bonchev–Trinajstić information content (AvgIpc) is 3.47. The van der Waals surface area contributed by atoms with Crippen LogP contribution in [0.25, 0.3) is 0 Å². The molecular formula is C23H28N2O3S. The van der Waals surface area contributed by atoms with E-state index in [0.29, 0.717) is 19.7 Å². The number of methoxy groups -OCH3 is 1. The molecule has 1 atom stereocenters. The van der Waals surface area contributed by atoms with Gasteiger partial charge in [-0.05, 0) is 54.3 Å². The molecule has 1 aromatic carbocycles. The number of rotatable bonds is 7. The van der Waals surface area contributed by atoms with Crippen LogP contribution in [0.1, 0.15) is 40.5 Å². The Balaban J connectivity index is 1.60. The first-order chi connectivity index (χ1) is 14.1. The number of carbonyl (C=O) groups is 2. The third-order valence-electron chi connectivity index (χ3n) is 5.90. The Morgan fingerprint density at radius 2 is 2.00 bits per heavy atom. The number of hydrogen-bond acceptors (Lipinski definition) is 4. The number of ether oxygens (including phenoxy) is 1. The summed E-state index contributed by atoms with van der Waals surface area (Å²) in [5.74, 6) is 0.202. The molecular weight excluding hydrogens is 384 g/mol. The molecule has 1 saturated carbocycles. The van der Waals surface area contributed by atoms with Crippen molar-refractivity contribution in [1.29, 1.82) is 0 Å². The van der Waals surface area contributed by atoms with Crippen molar-refractivity contribution in [3.63, 3.8) is 0 Å². The van der Waals surface area contributed by atoms with Crippen LogP contribution in [-0.4, -0.2) is 55.0 Å². The number of aryl methyl sites for hydroxylation is 1. The van der Waals surface area contributed by atoms with Crippen molar-refractivity contribution < 1.29 is 14.3 Å². The molecule has 0 spiro atoms. The minimum atomic E-state index is -0.0843. The number of fused-ring (bicyclic) bond motifs is 1. The molecule has 154 valence electrons. The molecule has 5 nitrogen and oxygen atoms in total. The molecule has 1 aliphatic carbocycles. The zero-order valence-electron chi connectivity index (χ0n) is 17.1. The maximum Gasteiger partial charge on any atom is 0.242 e. The molecule has 2 amide bonds. The van der Waals surface area contributed by atoms with E-state index in [1.807, 2.05) is 17.0 Å². The Hall–Kier alpha value is -2.18. The fraction of sp³-hybridized carbons (Fsp3) is 0.478. The standard InChI is InChI=1S/C23H28N2O3S/c1-16-5-3-4-6-18(16)22-19-10-14-29-20(19)9-11-25(22)21(26)15-24(12-13-28-2)23(27)17-7-8-17/h3-6,10,14,17,22H,7-9,11-13,15H2,1-2H3/t22-/m1/s1. The van der Waals surface area contributed by atoms with Crippen LogP contribution < -0.4 is 0 Å². The Labute approximate surface area is 176 Å². The highest BCUT2D eigenvalue weighted by Crippen LogP contribution is 2.39. The third-order valence-corrected chi connectivity index (χ3v) is 6.90. The summed E-state index contributed by atoms with van der Waals surface area (Å²) in [7, 11) is 1.62. The van der Waals surface area contributed by atoms with Crippen LogP contribution in [0.2, 0.25) is 0 Å². The monoisotopic (exact) mass is 412 g/mol. The quantitative estimate of drug-likeness (QED) is 0.700. The van der Waals surface area contributed by atoms with Crippen LogP contribution in [0.3, 0.4) is 0 Å². The topological polar surface area (TPSA) is 49.9 Å². The van der Waals surface area contributed by atoms with Crippen LogP contribution in [-0.2, 0) is 20.7 Å². The predicted molar refractivity (Wildman–Crippen MR) is 114 cm³/mol. The van der Waals surface area contributed by atoms with Gasteiger partial charge in [0.05, 0.1) is 19.2 Å². The van der Waals surface area contributed by atoms with Crippen molar-refractivity contribution in [1.82, 2.24) is 9.80 Å². The minimum Gasteiger partial charge on any atom is -0.383 e. The van der Waals surface area contributed by atoms with E-state index in [2.05, 4.69) is 30.5 Å². The minimum absolute atomic E-state index is 0.0141. The van der Waals surface area contributed by atoms with Gasteiger partial charge in [0.2, 0.25) is 11.8 Å². The van der Waals surface area contributed by atoms with Crippen LogP contribution in [0.15, 0.2) is 35.7 Å². The van der Waals surface area contributed by atoms with Gasteiger partial charge >= 0.3 is 0 Å². The maximum absolute atomic E-state index is 13.4. The SMILES string of the molecule is COCCN(CC(=O)N1CCc2sccc2[C@H]1c1ccccc1C)C(=O)C1CC1. The maximum atomic E-state index is 13.4. The lowest BCUT2D eigenvalue weighted by Gasteiger charge is -2.38. The largest absolute Gasteiger partial charge is 0.383 e. The van der Waals surface area contributed by atoms with Gasteiger partial charge in [0.1, 0.15) is 0 Å². The molecule has 6 heteroatoms. The van der Waals surface area contributed by atoms with E-state index < -0.39 is 0 Å². The summed E-state index contributed by atoms with van der Waals surface area (Å²) in [6.07, 6.45) is 2.74. The van der Waals surface area contributed by atoms with Gasteiger partial charge in [0, 0.05) is 31.0 Å². The van der Waals surface area contributed by atoms with E-state index >= 15 is 0 Å². The van der Waals surface area contributed by atoms with Gasteiger partial charge in [-0.15, -0.1) is 11.3 Å². The van der Waals surface area contributed by atoms with Gasteiger partial charge in [0.15, 0.2) is 0 Å². The second kappa shape index (κ2) is 8.67. The fourth-order valence-corrected chi connectivity index (χ4v) is 5.03. The summed E-state index contributed by atoms with van der Waals surface area (Å²) in [6.45, 7) is 3.81. The number of carbonyl (C=O) groups excluding carboxylic acids is 2. The molecule has 0 bridgehead atoms. The Bertz CT molecular complexity index is 890. The lowest BCUT2D eigenvalue weighted by atomic mass is 9.90. The van der Waals surface area contributed by atoms with Crippen LogP contribution in [0.5, 0.6) is 0 Å².